The fraction of sp³-hybridized carbons (Fsp3) is 0.385. The van der Waals surface area contributed by atoms with Crippen molar-refractivity contribution in [3.05, 3.63) is 41.3 Å². The first-order valence-corrected chi connectivity index (χ1v) is 6.60. The summed E-state index contributed by atoms with van der Waals surface area (Å²) in [6, 6.07) is 9.14. The van der Waals surface area contributed by atoms with Crippen LogP contribution in [0.4, 0.5) is 6.01 Å². The number of aromatic nitrogens is 2. The maximum Gasteiger partial charge on any atom is 0.318 e. The molecule has 0 N–H and O–H groups in total. The molecule has 0 fully saturated rings. The first kappa shape index (κ1) is 11.5. The van der Waals surface area contributed by atoms with Crippen LogP contribution in [0.2, 0.25) is 0 Å². The summed E-state index contributed by atoms with van der Waals surface area (Å²) in [7, 11) is 0. The minimum Gasteiger partial charge on any atom is -0.407 e. The number of hydrogen-bond donors (Lipinski definition) is 0. The van der Waals surface area contributed by atoms with Crippen LogP contribution in [0, 0.1) is 0 Å². The molecule has 0 bridgehead atoms. The lowest BCUT2D eigenvalue weighted by Gasteiger charge is -2.16. The number of fused-ring (bicyclic) bond motifs is 1. The molecule has 5 heteroatoms. The van der Waals surface area contributed by atoms with Crippen molar-refractivity contribution in [2.45, 2.75) is 18.7 Å². The lowest BCUT2D eigenvalue weighted by molar-refractivity contribution is 0.500. The summed E-state index contributed by atoms with van der Waals surface area (Å²) in [5.41, 5.74) is 2.83. The molecule has 0 saturated carbocycles. The number of halogens is 1. The average molecular weight is 264 g/mol. The van der Waals surface area contributed by atoms with Crippen molar-refractivity contribution in [1.29, 1.82) is 0 Å². The lowest BCUT2D eigenvalue weighted by Crippen LogP contribution is -2.26. The van der Waals surface area contributed by atoms with Gasteiger partial charge in [0.2, 0.25) is 5.89 Å². The van der Waals surface area contributed by atoms with Crippen molar-refractivity contribution in [3.8, 4) is 0 Å². The molecule has 0 saturated heterocycles. The SMILES string of the molecule is ClCc1nnc(N2CCc3ccccc3CC2)o1. The maximum atomic E-state index is 5.67. The molecular weight excluding hydrogens is 250 g/mol. The minimum atomic E-state index is 0.265. The van der Waals surface area contributed by atoms with Gasteiger partial charge in [-0.3, -0.25) is 0 Å². The molecule has 0 radical (unpaired) electrons. The van der Waals surface area contributed by atoms with E-state index in [2.05, 4.69) is 39.4 Å². The molecule has 0 aliphatic carbocycles. The predicted molar refractivity (Wildman–Crippen MR) is 69.9 cm³/mol. The van der Waals surface area contributed by atoms with Crippen molar-refractivity contribution < 1.29 is 4.42 Å². The molecule has 0 spiro atoms. The third-order valence-corrected chi connectivity index (χ3v) is 3.49. The molecule has 4 nitrogen and oxygen atoms in total. The molecule has 1 aliphatic heterocycles. The van der Waals surface area contributed by atoms with Gasteiger partial charge in [0.05, 0.1) is 0 Å². The first-order chi connectivity index (χ1) is 8.86. The smallest absolute Gasteiger partial charge is 0.318 e. The van der Waals surface area contributed by atoms with Gasteiger partial charge in [-0.15, -0.1) is 16.7 Å². The fourth-order valence-electron chi connectivity index (χ4n) is 2.29. The Morgan fingerprint density at radius 2 is 1.78 bits per heavy atom. The quantitative estimate of drug-likeness (QED) is 0.781. The maximum absolute atomic E-state index is 5.67. The van der Waals surface area contributed by atoms with E-state index in [1.165, 1.54) is 11.1 Å². The summed E-state index contributed by atoms with van der Waals surface area (Å²) in [5.74, 6) is 0.745. The minimum absolute atomic E-state index is 0.265. The number of anilines is 1. The van der Waals surface area contributed by atoms with Gasteiger partial charge in [-0.25, -0.2) is 0 Å². The Morgan fingerprint density at radius 1 is 1.11 bits per heavy atom. The number of alkyl halides is 1. The zero-order valence-electron chi connectivity index (χ0n) is 9.97. The summed E-state index contributed by atoms with van der Waals surface area (Å²) in [5, 5.41) is 7.94. The Bertz CT molecular complexity index is 514. The van der Waals surface area contributed by atoms with Gasteiger partial charge in [0, 0.05) is 13.1 Å². The van der Waals surface area contributed by atoms with Crippen LogP contribution in [0.3, 0.4) is 0 Å². The predicted octanol–water partition coefficient (Wildman–Crippen LogP) is 2.41. The molecular formula is C13H14ClN3O. The van der Waals surface area contributed by atoms with Crippen molar-refractivity contribution in [2.75, 3.05) is 18.0 Å². The van der Waals surface area contributed by atoms with Crippen LogP contribution in [0.1, 0.15) is 17.0 Å². The first-order valence-electron chi connectivity index (χ1n) is 6.07. The van der Waals surface area contributed by atoms with Crippen molar-refractivity contribution in [1.82, 2.24) is 10.2 Å². The second kappa shape index (κ2) is 4.98. The molecule has 1 aromatic heterocycles. The molecule has 94 valence electrons. The van der Waals surface area contributed by atoms with Crippen molar-refractivity contribution in [2.24, 2.45) is 0 Å². The van der Waals surface area contributed by atoms with E-state index < -0.39 is 0 Å². The van der Waals surface area contributed by atoms with Gasteiger partial charge in [0.25, 0.3) is 0 Å². The van der Waals surface area contributed by atoms with Gasteiger partial charge >= 0.3 is 6.01 Å². The molecule has 18 heavy (non-hydrogen) atoms. The van der Waals surface area contributed by atoms with Crippen LogP contribution < -0.4 is 4.90 Å². The van der Waals surface area contributed by atoms with Gasteiger partial charge in [-0.05, 0) is 24.0 Å². The van der Waals surface area contributed by atoms with Gasteiger partial charge < -0.3 is 9.32 Å². The third kappa shape index (κ3) is 2.20. The summed E-state index contributed by atoms with van der Waals surface area (Å²) in [6.07, 6.45) is 2.02. The van der Waals surface area contributed by atoms with E-state index in [1.807, 2.05) is 0 Å². The van der Waals surface area contributed by atoms with E-state index in [0.717, 1.165) is 25.9 Å². The molecule has 0 amide bonds. The molecule has 0 atom stereocenters. The average Bonchev–Trinajstić information content (AvgIpc) is 2.79. The zero-order valence-corrected chi connectivity index (χ0v) is 10.7. The van der Waals surface area contributed by atoms with Crippen LogP contribution in [-0.4, -0.2) is 23.3 Å². The molecule has 1 aliphatic rings. The Hall–Kier alpha value is -1.55. The fourth-order valence-corrected chi connectivity index (χ4v) is 2.39. The molecule has 1 aromatic carbocycles. The molecule has 0 unspecified atom stereocenters. The van der Waals surface area contributed by atoms with E-state index in [0.29, 0.717) is 11.9 Å². The van der Waals surface area contributed by atoms with E-state index >= 15 is 0 Å². The summed E-state index contributed by atoms with van der Waals surface area (Å²) in [6.45, 7) is 1.81. The number of nitrogens with zero attached hydrogens (tertiary/aromatic N) is 3. The molecule has 3 rings (SSSR count). The second-order valence-electron chi connectivity index (χ2n) is 4.37. The largest absolute Gasteiger partial charge is 0.407 e. The van der Waals surface area contributed by atoms with Gasteiger partial charge in [0.1, 0.15) is 5.88 Å². The van der Waals surface area contributed by atoms with Gasteiger partial charge in [-0.1, -0.05) is 29.4 Å². The lowest BCUT2D eigenvalue weighted by atomic mass is 10.0. The summed E-state index contributed by atoms with van der Waals surface area (Å²) in [4.78, 5) is 2.13. The van der Waals surface area contributed by atoms with Gasteiger partial charge in [-0.2, -0.15) is 0 Å². The third-order valence-electron chi connectivity index (χ3n) is 3.26. The molecule has 2 aromatic rings. The van der Waals surface area contributed by atoms with E-state index in [4.69, 9.17) is 16.0 Å². The Morgan fingerprint density at radius 3 is 2.33 bits per heavy atom. The van der Waals surface area contributed by atoms with Crippen LogP contribution in [-0.2, 0) is 18.7 Å². The monoisotopic (exact) mass is 263 g/mol. The topological polar surface area (TPSA) is 42.2 Å². The Labute approximate surface area is 111 Å². The van der Waals surface area contributed by atoms with E-state index in [-0.39, 0.29) is 5.88 Å². The number of rotatable bonds is 2. The van der Waals surface area contributed by atoms with Gasteiger partial charge in [0.15, 0.2) is 0 Å². The summed E-state index contributed by atoms with van der Waals surface area (Å²) < 4.78 is 5.50. The normalized spacial score (nSPS) is 15.3. The molecule has 2 heterocycles. The van der Waals surface area contributed by atoms with Crippen LogP contribution in [0.15, 0.2) is 28.7 Å². The zero-order chi connectivity index (χ0) is 12.4. The van der Waals surface area contributed by atoms with Crippen molar-refractivity contribution >= 4 is 17.6 Å². The highest BCUT2D eigenvalue weighted by Crippen LogP contribution is 2.20. The summed E-state index contributed by atoms with van der Waals surface area (Å²) >= 11 is 5.67. The van der Waals surface area contributed by atoms with Crippen LogP contribution in [0.25, 0.3) is 0 Å². The Kier molecular flexibility index (Phi) is 3.19. The number of hydrogen-bond acceptors (Lipinski definition) is 4. The highest BCUT2D eigenvalue weighted by molar-refractivity contribution is 6.16. The van der Waals surface area contributed by atoms with E-state index in [1.54, 1.807) is 0 Å². The van der Waals surface area contributed by atoms with Crippen LogP contribution >= 0.6 is 11.6 Å². The van der Waals surface area contributed by atoms with Crippen LogP contribution in [0.5, 0.6) is 0 Å². The highest BCUT2D eigenvalue weighted by Gasteiger charge is 2.18. The van der Waals surface area contributed by atoms with Crippen molar-refractivity contribution in [3.63, 3.8) is 0 Å². The second-order valence-corrected chi connectivity index (χ2v) is 4.64. The standard InChI is InChI=1S/C13H14ClN3O/c14-9-12-15-16-13(18-12)17-7-5-10-3-1-2-4-11(10)6-8-17/h1-4H,5-9H2. The number of benzene rings is 1. The van der Waals surface area contributed by atoms with E-state index in [9.17, 15) is 0 Å². The highest BCUT2D eigenvalue weighted by atomic mass is 35.5. The Balaban J connectivity index is 1.78.